The molecule has 2 aromatic rings. The first kappa shape index (κ1) is 10.3. The summed E-state index contributed by atoms with van der Waals surface area (Å²) in [7, 11) is 0. The van der Waals surface area contributed by atoms with Gasteiger partial charge in [-0.2, -0.15) is 0 Å². The highest BCUT2D eigenvalue weighted by molar-refractivity contribution is 5.91. The van der Waals surface area contributed by atoms with Crippen molar-refractivity contribution in [3.8, 4) is 0 Å². The van der Waals surface area contributed by atoms with Gasteiger partial charge in [0, 0.05) is 0 Å². The molecule has 0 aromatic heterocycles. The Labute approximate surface area is 100 Å². The Balaban J connectivity index is 2.13. The van der Waals surface area contributed by atoms with E-state index >= 15 is 0 Å². The highest BCUT2D eigenvalue weighted by Gasteiger charge is 2.26. The zero-order valence-corrected chi connectivity index (χ0v) is 9.56. The van der Waals surface area contributed by atoms with Crippen LogP contribution in [-0.2, 0) is 9.53 Å². The monoisotopic (exact) mass is 226 g/mol. The number of benzene rings is 2. The molecule has 17 heavy (non-hydrogen) atoms. The van der Waals surface area contributed by atoms with Crippen LogP contribution in [-0.4, -0.2) is 12.6 Å². The van der Waals surface area contributed by atoms with Crippen molar-refractivity contribution in [2.45, 2.75) is 18.8 Å². The van der Waals surface area contributed by atoms with Crippen molar-refractivity contribution in [3.63, 3.8) is 0 Å². The first-order chi connectivity index (χ1) is 8.36. The number of hydrogen-bond donors (Lipinski definition) is 0. The van der Waals surface area contributed by atoms with Crippen molar-refractivity contribution in [2.24, 2.45) is 0 Å². The van der Waals surface area contributed by atoms with E-state index in [0.29, 0.717) is 6.61 Å². The predicted molar refractivity (Wildman–Crippen MR) is 66.9 cm³/mol. The maximum Gasteiger partial charge on any atom is 0.313 e. The Hall–Kier alpha value is -1.83. The second-order valence-electron chi connectivity index (χ2n) is 4.43. The number of ether oxygens (including phenoxy) is 1. The van der Waals surface area contributed by atoms with Gasteiger partial charge in [0.2, 0.25) is 0 Å². The zero-order chi connectivity index (χ0) is 11.7. The Morgan fingerprint density at radius 3 is 2.76 bits per heavy atom. The third-order valence-corrected chi connectivity index (χ3v) is 3.36. The van der Waals surface area contributed by atoms with E-state index in [1.807, 2.05) is 24.3 Å². The molecule has 3 rings (SSSR count). The molecule has 0 N–H and O–H groups in total. The zero-order valence-electron chi connectivity index (χ0n) is 9.56. The van der Waals surface area contributed by atoms with Crippen LogP contribution in [0.15, 0.2) is 42.5 Å². The van der Waals surface area contributed by atoms with Crippen LogP contribution in [0.4, 0.5) is 0 Å². The van der Waals surface area contributed by atoms with Gasteiger partial charge in [0.1, 0.15) is 0 Å². The predicted octanol–water partition coefficient (Wildman–Crippen LogP) is 3.26. The summed E-state index contributed by atoms with van der Waals surface area (Å²) in [5.41, 5.74) is 1.10. The summed E-state index contributed by atoms with van der Waals surface area (Å²) in [6, 6.07) is 14.3. The first-order valence-electron chi connectivity index (χ1n) is 6.00. The lowest BCUT2D eigenvalue weighted by molar-refractivity contribution is -0.149. The van der Waals surface area contributed by atoms with E-state index in [1.54, 1.807) is 0 Å². The average Bonchev–Trinajstić information content (AvgIpc) is 2.39. The molecule has 1 unspecified atom stereocenters. The summed E-state index contributed by atoms with van der Waals surface area (Å²) in [4.78, 5) is 11.8. The SMILES string of the molecule is O=C1OCCCC1c1cccc2ccccc12. The second kappa shape index (κ2) is 4.21. The maximum absolute atomic E-state index is 11.8. The fourth-order valence-corrected chi connectivity index (χ4v) is 2.52. The normalized spacial score (nSPS) is 20.2. The summed E-state index contributed by atoms with van der Waals surface area (Å²) in [5.74, 6) is -0.164. The smallest absolute Gasteiger partial charge is 0.313 e. The fourth-order valence-electron chi connectivity index (χ4n) is 2.52. The van der Waals surface area contributed by atoms with Crippen LogP contribution in [0.2, 0.25) is 0 Å². The molecule has 0 saturated carbocycles. The molecule has 0 amide bonds. The molecule has 1 aliphatic heterocycles. The van der Waals surface area contributed by atoms with Gasteiger partial charge in [0.05, 0.1) is 12.5 Å². The molecule has 2 aromatic carbocycles. The Morgan fingerprint density at radius 1 is 1.06 bits per heavy atom. The van der Waals surface area contributed by atoms with Crippen LogP contribution in [0, 0.1) is 0 Å². The van der Waals surface area contributed by atoms with Gasteiger partial charge in [0.15, 0.2) is 0 Å². The molecule has 0 bridgehead atoms. The van der Waals surface area contributed by atoms with Crippen LogP contribution in [0.1, 0.15) is 24.3 Å². The van der Waals surface area contributed by atoms with Crippen LogP contribution in [0.3, 0.4) is 0 Å². The van der Waals surface area contributed by atoms with E-state index in [0.717, 1.165) is 18.4 Å². The second-order valence-corrected chi connectivity index (χ2v) is 4.43. The summed E-state index contributed by atoms with van der Waals surface area (Å²) >= 11 is 0. The van der Waals surface area contributed by atoms with Gasteiger partial charge in [-0.15, -0.1) is 0 Å². The molecule has 1 atom stereocenters. The molecule has 86 valence electrons. The maximum atomic E-state index is 11.8. The third-order valence-electron chi connectivity index (χ3n) is 3.36. The van der Waals surface area contributed by atoms with Gasteiger partial charge < -0.3 is 4.74 Å². The van der Waals surface area contributed by atoms with E-state index in [-0.39, 0.29) is 11.9 Å². The molecular formula is C15H14O2. The number of rotatable bonds is 1. The molecule has 1 aliphatic rings. The topological polar surface area (TPSA) is 26.3 Å². The molecule has 2 heteroatoms. The molecule has 1 heterocycles. The van der Waals surface area contributed by atoms with E-state index in [1.165, 1.54) is 10.8 Å². The summed E-state index contributed by atoms with van der Waals surface area (Å²) < 4.78 is 5.15. The number of fused-ring (bicyclic) bond motifs is 1. The van der Waals surface area contributed by atoms with Crippen molar-refractivity contribution >= 4 is 16.7 Å². The van der Waals surface area contributed by atoms with Crippen molar-refractivity contribution in [1.82, 2.24) is 0 Å². The number of esters is 1. The standard InChI is InChI=1S/C15H14O2/c16-15-14(9-4-10-17-15)13-8-3-6-11-5-1-2-7-12(11)13/h1-3,5-8,14H,4,9-10H2. The lowest BCUT2D eigenvalue weighted by Gasteiger charge is -2.22. The third kappa shape index (κ3) is 1.80. The first-order valence-corrected chi connectivity index (χ1v) is 6.00. The van der Waals surface area contributed by atoms with E-state index in [9.17, 15) is 4.79 Å². The van der Waals surface area contributed by atoms with Gasteiger partial charge >= 0.3 is 5.97 Å². The largest absolute Gasteiger partial charge is 0.465 e. The van der Waals surface area contributed by atoms with Crippen LogP contribution < -0.4 is 0 Å². The molecule has 0 spiro atoms. The minimum absolute atomic E-state index is 0.0763. The summed E-state index contributed by atoms with van der Waals surface area (Å²) in [6.07, 6.45) is 1.85. The molecule has 0 radical (unpaired) electrons. The van der Waals surface area contributed by atoms with Gasteiger partial charge in [0.25, 0.3) is 0 Å². The number of carbonyl (C=O) groups is 1. The molecule has 2 nitrogen and oxygen atoms in total. The molecule has 1 fully saturated rings. The van der Waals surface area contributed by atoms with Crippen LogP contribution in [0.5, 0.6) is 0 Å². The van der Waals surface area contributed by atoms with Gasteiger partial charge in [-0.05, 0) is 29.2 Å². The van der Waals surface area contributed by atoms with E-state index < -0.39 is 0 Å². The lowest BCUT2D eigenvalue weighted by Crippen LogP contribution is -2.22. The van der Waals surface area contributed by atoms with Crippen LogP contribution in [0.25, 0.3) is 10.8 Å². The summed E-state index contributed by atoms with van der Waals surface area (Å²) in [5, 5.41) is 2.35. The van der Waals surface area contributed by atoms with Crippen molar-refractivity contribution in [2.75, 3.05) is 6.61 Å². The fraction of sp³-hybridized carbons (Fsp3) is 0.267. The molecular weight excluding hydrogens is 212 g/mol. The molecule has 0 aliphatic carbocycles. The lowest BCUT2D eigenvalue weighted by atomic mass is 9.89. The highest BCUT2D eigenvalue weighted by atomic mass is 16.5. The number of carbonyl (C=O) groups excluding carboxylic acids is 1. The Bertz CT molecular complexity index is 554. The van der Waals surface area contributed by atoms with Gasteiger partial charge in [-0.3, -0.25) is 4.79 Å². The average molecular weight is 226 g/mol. The summed E-state index contributed by atoms with van der Waals surface area (Å²) in [6.45, 7) is 0.570. The molecule has 1 saturated heterocycles. The highest BCUT2D eigenvalue weighted by Crippen LogP contribution is 2.31. The number of cyclic esters (lactones) is 1. The van der Waals surface area contributed by atoms with E-state index in [2.05, 4.69) is 18.2 Å². The Kier molecular flexibility index (Phi) is 2.56. The van der Waals surface area contributed by atoms with Crippen LogP contribution >= 0.6 is 0 Å². The van der Waals surface area contributed by atoms with Gasteiger partial charge in [-0.1, -0.05) is 42.5 Å². The van der Waals surface area contributed by atoms with Crippen molar-refractivity contribution in [1.29, 1.82) is 0 Å². The quantitative estimate of drug-likeness (QED) is 0.698. The minimum atomic E-state index is -0.0881. The minimum Gasteiger partial charge on any atom is -0.465 e. The van der Waals surface area contributed by atoms with E-state index in [4.69, 9.17) is 4.74 Å². The number of hydrogen-bond acceptors (Lipinski definition) is 2. The van der Waals surface area contributed by atoms with Crippen molar-refractivity contribution < 1.29 is 9.53 Å². The van der Waals surface area contributed by atoms with Crippen molar-refractivity contribution in [3.05, 3.63) is 48.0 Å². The Morgan fingerprint density at radius 2 is 1.88 bits per heavy atom. The van der Waals surface area contributed by atoms with Gasteiger partial charge in [-0.25, -0.2) is 0 Å².